The number of hydrogen-bond acceptors (Lipinski definition) is 7. The van der Waals surface area contributed by atoms with E-state index in [1.54, 1.807) is 0 Å². The highest BCUT2D eigenvalue weighted by atomic mass is 16.6. The second kappa shape index (κ2) is 26.6. The molecule has 2 fully saturated rings. The molecule has 0 spiro atoms. The van der Waals surface area contributed by atoms with Crippen LogP contribution in [-0.4, -0.2) is 81.0 Å². The molecular weight excluding hydrogens is 568 g/mol. The van der Waals surface area contributed by atoms with Crippen molar-refractivity contribution in [2.24, 2.45) is 0 Å². The first-order valence-electron chi connectivity index (χ1n) is 19.6. The summed E-state index contributed by atoms with van der Waals surface area (Å²) in [5.74, 6) is 0. The third-order valence-corrected chi connectivity index (χ3v) is 10.3. The summed E-state index contributed by atoms with van der Waals surface area (Å²) < 4.78 is 12.6. The molecule has 0 bridgehead atoms. The maximum absolute atomic E-state index is 10.7. The largest absolute Gasteiger partial charge is 0.396 e. The van der Waals surface area contributed by atoms with E-state index in [2.05, 4.69) is 6.92 Å². The van der Waals surface area contributed by atoms with E-state index in [1.807, 2.05) is 0 Å². The van der Waals surface area contributed by atoms with Crippen molar-refractivity contribution in [3.8, 4) is 0 Å². The summed E-state index contributed by atoms with van der Waals surface area (Å²) in [6.07, 6.45) is 28.3. The first-order chi connectivity index (χ1) is 21.9. The van der Waals surface area contributed by atoms with Gasteiger partial charge in [-0.2, -0.15) is 0 Å². The molecule has 2 saturated heterocycles. The number of rotatable bonds is 30. The van der Waals surface area contributed by atoms with Gasteiger partial charge in [0.15, 0.2) is 0 Å². The minimum atomic E-state index is -0.395. The lowest BCUT2D eigenvalue weighted by molar-refractivity contribution is -0.110. The molecule has 45 heavy (non-hydrogen) atoms. The SMILES string of the molecule is CCC[C@H](O)CCCCCCCCCC[C@H](O)[C@H]1CC[C@H]([C@H]2CC[C@H]([C@H](O)CCCCCCCCCC[C@@H](O)CCCO)O2)O1. The predicted octanol–water partition coefficient (Wildman–Crippen LogP) is 7.90. The summed E-state index contributed by atoms with van der Waals surface area (Å²) in [5.41, 5.74) is 0. The Morgan fingerprint density at radius 1 is 0.444 bits per heavy atom. The van der Waals surface area contributed by atoms with Gasteiger partial charge in [-0.25, -0.2) is 0 Å². The Hall–Kier alpha value is -0.280. The Labute approximate surface area is 276 Å². The normalized spacial score (nSPS) is 24.7. The van der Waals surface area contributed by atoms with Crippen molar-refractivity contribution >= 4 is 0 Å². The zero-order chi connectivity index (χ0) is 32.5. The summed E-state index contributed by atoms with van der Waals surface area (Å²) in [4.78, 5) is 0. The molecule has 0 radical (unpaired) electrons. The van der Waals surface area contributed by atoms with Gasteiger partial charge in [0.1, 0.15) is 0 Å². The third kappa shape index (κ3) is 19.3. The van der Waals surface area contributed by atoms with E-state index in [-0.39, 0.29) is 49.3 Å². The van der Waals surface area contributed by atoms with Crippen LogP contribution in [0.5, 0.6) is 0 Å². The smallest absolute Gasteiger partial charge is 0.0842 e. The van der Waals surface area contributed by atoms with Crippen LogP contribution >= 0.6 is 0 Å². The molecule has 2 aliphatic rings. The molecule has 268 valence electrons. The minimum Gasteiger partial charge on any atom is -0.396 e. The average molecular weight is 643 g/mol. The molecular formula is C38H74O7. The van der Waals surface area contributed by atoms with Crippen LogP contribution in [-0.2, 0) is 9.47 Å². The molecule has 0 aliphatic carbocycles. The van der Waals surface area contributed by atoms with E-state index in [4.69, 9.17) is 14.6 Å². The zero-order valence-electron chi connectivity index (χ0n) is 29.2. The third-order valence-electron chi connectivity index (χ3n) is 10.3. The molecule has 2 aliphatic heterocycles. The number of ether oxygens (including phenoxy) is 2. The van der Waals surface area contributed by atoms with Gasteiger partial charge in [-0.1, -0.05) is 116 Å². The van der Waals surface area contributed by atoms with E-state index < -0.39 is 6.10 Å². The van der Waals surface area contributed by atoms with E-state index in [0.717, 1.165) is 96.3 Å². The molecule has 0 aromatic rings. The summed E-state index contributed by atoms with van der Waals surface area (Å²) in [6.45, 7) is 2.29. The first-order valence-corrected chi connectivity index (χ1v) is 19.6. The van der Waals surface area contributed by atoms with Gasteiger partial charge in [-0.3, -0.25) is 0 Å². The average Bonchev–Trinajstić information content (AvgIpc) is 3.72. The molecule has 7 nitrogen and oxygen atoms in total. The molecule has 8 atom stereocenters. The molecule has 7 heteroatoms. The minimum absolute atomic E-state index is 0.0487. The second-order valence-electron chi connectivity index (χ2n) is 14.5. The Balaban J connectivity index is 1.42. The van der Waals surface area contributed by atoms with Gasteiger partial charge in [0.05, 0.1) is 48.8 Å². The van der Waals surface area contributed by atoms with Crippen molar-refractivity contribution in [2.75, 3.05) is 6.61 Å². The lowest BCUT2D eigenvalue weighted by Gasteiger charge is -2.24. The van der Waals surface area contributed by atoms with Gasteiger partial charge in [-0.15, -0.1) is 0 Å². The molecule has 5 N–H and O–H groups in total. The highest BCUT2D eigenvalue weighted by molar-refractivity contribution is 4.89. The van der Waals surface area contributed by atoms with Gasteiger partial charge in [-0.05, 0) is 70.6 Å². The van der Waals surface area contributed by atoms with Gasteiger partial charge in [0.25, 0.3) is 0 Å². The van der Waals surface area contributed by atoms with E-state index in [1.165, 1.54) is 70.6 Å². The highest BCUT2D eigenvalue weighted by Crippen LogP contribution is 2.34. The Kier molecular flexibility index (Phi) is 24.2. The van der Waals surface area contributed by atoms with Gasteiger partial charge in [0.2, 0.25) is 0 Å². The lowest BCUT2D eigenvalue weighted by atomic mass is 10.00. The molecule has 0 saturated carbocycles. The maximum Gasteiger partial charge on any atom is 0.0842 e. The monoisotopic (exact) mass is 643 g/mol. The number of hydrogen-bond donors (Lipinski definition) is 5. The van der Waals surface area contributed by atoms with Crippen LogP contribution in [0.1, 0.15) is 187 Å². The summed E-state index contributed by atoms with van der Waals surface area (Å²) >= 11 is 0. The predicted molar refractivity (Wildman–Crippen MR) is 183 cm³/mol. The van der Waals surface area contributed by atoms with Crippen LogP contribution in [0, 0.1) is 0 Å². The van der Waals surface area contributed by atoms with Crippen molar-refractivity contribution in [2.45, 2.75) is 236 Å². The molecule has 0 aromatic heterocycles. The number of aliphatic hydroxyl groups excluding tert-OH is 5. The molecule has 2 rings (SSSR count). The van der Waals surface area contributed by atoms with E-state index in [9.17, 15) is 20.4 Å². The Morgan fingerprint density at radius 3 is 1.16 bits per heavy atom. The second-order valence-corrected chi connectivity index (χ2v) is 14.5. The fourth-order valence-electron chi connectivity index (χ4n) is 7.40. The fraction of sp³-hybridized carbons (Fsp3) is 1.00. The van der Waals surface area contributed by atoms with Crippen LogP contribution in [0.3, 0.4) is 0 Å². The van der Waals surface area contributed by atoms with Crippen LogP contribution in [0.15, 0.2) is 0 Å². The van der Waals surface area contributed by atoms with Crippen molar-refractivity contribution in [1.29, 1.82) is 0 Å². The highest BCUT2D eigenvalue weighted by Gasteiger charge is 2.40. The van der Waals surface area contributed by atoms with Crippen LogP contribution < -0.4 is 0 Å². The fourth-order valence-corrected chi connectivity index (χ4v) is 7.40. The van der Waals surface area contributed by atoms with Crippen LogP contribution in [0.4, 0.5) is 0 Å². The van der Waals surface area contributed by atoms with Gasteiger partial charge in [0, 0.05) is 6.61 Å². The molecule has 0 amide bonds. The topological polar surface area (TPSA) is 120 Å². The Bertz CT molecular complexity index is 664. The zero-order valence-corrected chi connectivity index (χ0v) is 29.2. The van der Waals surface area contributed by atoms with Gasteiger partial charge >= 0.3 is 0 Å². The van der Waals surface area contributed by atoms with E-state index in [0.29, 0.717) is 12.8 Å². The number of aliphatic hydroxyl groups is 5. The van der Waals surface area contributed by atoms with E-state index >= 15 is 0 Å². The first kappa shape index (κ1) is 40.9. The summed E-state index contributed by atoms with van der Waals surface area (Å²) in [7, 11) is 0. The van der Waals surface area contributed by atoms with Gasteiger partial charge < -0.3 is 35.0 Å². The van der Waals surface area contributed by atoms with Crippen molar-refractivity contribution in [1.82, 2.24) is 0 Å². The summed E-state index contributed by atoms with van der Waals surface area (Å²) in [5, 5.41) is 50.0. The quantitative estimate of drug-likeness (QED) is 0.0505. The molecule has 0 aromatic carbocycles. The summed E-state index contributed by atoms with van der Waals surface area (Å²) in [6, 6.07) is 0. The molecule has 2 heterocycles. The maximum atomic E-state index is 10.7. The van der Waals surface area contributed by atoms with Crippen molar-refractivity contribution in [3.63, 3.8) is 0 Å². The number of unbranched alkanes of at least 4 members (excludes halogenated alkanes) is 14. The van der Waals surface area contributed by atoms with Crippen LogP contribution in [0.25, 0.3) is 0 Å². The Morgan fingerprint density at radius 2 is 0.778 bits per heavy atom. The lowest BCUT2D eigenvalue weighted by Crippen LogP contribution is -2.33. The molecule has 0 unspecified atom stereocenters. The van der Waals surface area contributed by atoms with Crippen molar-refractivity contribution < 1.29 is 35.0 Å². The van der Waals surface area contributed by atoms with Crippen molar-refractivity contribution in [3.05, 3.63) is 0 Å². The standard InChI is InChI=1S/C38H74O7/c1-2-20-31(40)21-15-11-7-3-5-9-13-17-24-33(42)35-26-28-37(44-35)38-29-27-36(45-38)34(43)25-18-14-10-6-4-8-12-16-22-32(41)23-19-30-39/h31-43H,2-30H2,1H3/t31-,32+,33-,34+,35+,36+,37+,38+/m0/s1. The van der Waals surface area contributed by atoms with Crippen LogP contribution in [0.2, 0.25) is 0 Å².